The standard InChI is InChI=1S/C22H33BFNO4/c1-18(2,3)25-17(26)27-22(13-21(8,24)14-22)15-9-11-16(12-10-15)23-28-19(4,5)20(6,7)29-23/h9-12H,13-14H2,1-8H3,(H,25,26). The van der Waals surface area contributed by atoms with E-state index in [0.29, 0.717) is 0 Å². The maximum Gasteiger partial charge on any atom is 0.494 e. The highest BCUT2D eigenvalue weighted by Crippen LogP contribution is 2.53. The van der Waals surface area contributed by atoms with Crippen molar-refractivity contribution in [1.82, 2.24) is 5.32 Å². The van der Waals surface area contributed by atoms with Crippen molar-refractivity contribution in [2.24, 2.45) is 0 Å². The highest BCUT2D eigenvalue weighted by Gasteiger charge is 2.57. The van der Waals surface area contributed by atoms with Crippen LogP contribution < -0.4 is 10.8 Å². The van der Waals surface area contributed by atoms with Gasteiger partial charge in [-0.15, -0.1) is 0 Å². The number of nitrogens with one attached hydrogen (secondary N) is 1. The van der Waals surface area contributed by atoms with E-state index >= 15 is 0 Å². The molecule has 0 radical (unpaired) electrons. The lowest BCUT2D eigenvalue weighted by Crippen LogP contribution is -2.55. The molecule has 0 unspecified atom stereocenters. The first kappa shape index (κ1) is 22.1. The average Bonchev–Trinajstić information content (AvgIpc) is 2.71. The van der Waals surface area contributed by atoms with Gasteiger partial charge in [-0.05, 0) is 66.4 Å². The van der Waals surface area contributed by atoms with Crippen molar-refractivity contribution in [2.45, 2.75) is 96.2 Å². The number of alkyl halides is 1. The van der Waals surface area contributed by atoms with Crippen LogP contribution in [0.3, 0.4) is 0 Å². The van der Waals surface area contributed by atoms with Crippen LogP contribution in [0.15, 0.2) is 24.3 Å². The Morgan fingerprint density at radius 3 is 1.93 bits per heavy atom. The Kier molecular flexibility index (Phi) is 5.11. The van der Waals surface area contributed by atoms with Gasteiger partial charge in [0.05, 0.1) is 11.2 Å². The minimum absolute atomic E-state index is 0.132. The summed E-state index contributed by atoms with van der Waals surface area (Å²) in [5.41, 5.74) is -1.94. The van der Waals surface area contributed by atoms with Crippen molar-refractivity contribution in [3.63, 3.8) is 0 Å². The quantitative estimate of drug-likeness (QED) is 0.765. The van der Waals surface area contributed by atoms with Crippen LogP contribution in [0.1, 0.15) is 73.8 Å². The molecule has 3 rings (SSSR count). The first-order chi connectivity index (χ1) is 13.0. The Labute approximate surface area is 173 Å². The van der Waals surface area contributed by atoms with Crippen LogP contribution in [-0.2, 0) is 19.6 Å². The molecule has 1 aliphatic carbocycles. The van der Waals surface area contributed by atoms with Gasteiger partial charge in [-0.1, -0.05) is 24.3 Å². The van der Waals surface area contributed by atoms with E-state index in [1.54, 1.807) is 0 Å². The molecule has 1 aromatic carbocycles. The van der Waals surface area contributed by atoms with E-state index in [2.05, 4.69) is 5.32 Å². The van der Waals surface area contributed by atoms with Gasteiger partial charge in [0.2, 0.25) is 0 Å². The lowest BCUT2D eigenvalue weighted by Gasteiger charge is -2.49. The van der Waals surface area contributed by atoms with Crippen molar-refractivity contribution in [3.05, 3.63) is 29.8 Å². The van der Waals surface area contributed by atoms with Crippen molar-refractivity contribution in [1.29, 1.82) is 0 Å². The highest BCUT2D eigenvalue weighted by atomic mass is 19.1. The molecule has 0 atom stereocenters. The van der Waals surface area contributed by atoms with Gasteiger partial charge in [-0.3, -0.25) is 0 Å². The number of hydrogen-bond acceptors (Lipinski definition) is 4. The number of amides is 1. The molecular formula is C22H33BFNO4. The van der Waals surface area contributed by atoms with Gasteiger partial charge in [-0.2, -0.15) is 0 Å². The molecular weight excluding hydrogens is 372 g/mol. The minimum Gasteiger partial charge on any atom is -0.438 e. The van der Waals surface area contributed by atoms with E-state index < -0.39 is 41.2 Å². The minimum atomic E-state index is -1.35. The van der Waals surface area contributed by atoms with Gasteiger partial charge in [0.1, 0.15) is 11.3 Å². The monoisotopic (exact) mass is 405 g/mol. The van der Waals surface area contributed by atoms with Gasteiger partial charge in [0.15, 0.2) is 0 Å². The molecule has 1 heterocycles. The van der Waals surface area contributed by atoms with Crippen LogP contribution >= 0.6 is 0 Å². The molecule has 0 aromatic heterocycles. The first-order valence-electron chi connectivity index (χ1n) is 10.2. The summed E-state index contributed by atoms with van der Waals surface area (Å²) in [7, 11) is -0.470. The molecule has 1 saturated carbocycles. The molecule has 5 nitrogen and oxygen atoms in total. The zero-order chi connectivity index (χ0) is 21.9. The van der Waals surface area contributed by atoms with Gasteiger partial charge in [-0.25, -0.2) is 9.18 Å². The van der Waals surface area contributed by atoms with Crippen LogP contribution in [0.5, 0.6) is 0 Å². The van der Waals surface area contributed by atoms with Gasteiger partial charge in [0, 0.05) is 18.4 Å². The fourth-order valence-corrected chi connectivity index (χ4v) is 3.91. The van der Waals surface area contributed by atoms with E-state index in [4.69, 9.17) is 14.0 Å². The van der Waals surface area contributed by atoms with E-state index in [1.165, 1.54) is 6.92 Å². The summed E-state index contributed by atoms with van der Waals surface area (Å²) < 4.78 is 32.4. The summed E-state index contributed by atoms with van der Waals surface area (Å²) in [6.45, 7) is 15.2. The van der Waals surface area contributed by atoms with Crippen molar-refractivity contribution < 1.29 is 23.2 Å². The SMILES string of the molecule is CC1(F)CC(OC(=O)NC(C)(C)C)(c2ccc(B3OC(C)(C)C(C)(C)O3)cc2)C1. The van der Waals surface area contributed by atoms with Gasteiger partial charge in [0.25, 0.3) is 0 Å². The number of hydrogen-bond donors (Lipinski definition) is 1. The fraction of sp³-hybridized carbons (Fsp3) is 0.682. The summed E-state index contributed by atoms with van der Waals surface area (Å²) in [5, 5.41) is 2.79. The second-order valence-electron chi connectivity index (χ2n) is 10.7. The number of alkyl carbamates (subject to hydrolysis) is 1. The molecule has 1 aliphatic heterocycles. The second-order valence-corrected chi connectivity index (χ2v) is 10.7. The number of halogens is 1. The van der Waals surface area contributed by atoms with Gasteiger partial charge < -0.3 is 19.4 Å². The molecule has 1 amide bonds. The van der Waals surface area contributed by atoms with Gasteiger partial charge >= 0.3 is 13.2 Å². The third-order valence-electron chi connectivity index (χ3n) is 6.04. The normalized spacial score (nSPS) is 30.6. The summed E-state index contributed by atoms with van der Waals surface area (Å²) in [6.07, 6.45) is -0.274. The predicted octanol–water partition coefficient (Wildman–Crippen LogP) is 4.23. The molecule has 1 saturated heterocycles. The maximum absolute atomic E-state index is 14.4. The molecule has 0 bridgehead atoms. The molecule has 1 aromatic rings. The molecule has 2 fully saturated rings. The van der Waals surface area contributed by atoms with E-state index in [9.17, 15) is 9.18 Å². The Balaban J connectivity index is 1.79. The topological polar surface area (TPSA) is 56.8 Å². The zero-order valence-corrected chi connectivity index (χ0v) is 18.8. The van der Waals surface area contributed by atoms with Crippen LogP contribution in [0.2, 0.25) is 0 Å². The Morgan fingerprint density at radius 1 is 1.03 bits per heavy atom. The molecule has 1 N–H and O–H groups in total. The van der Waals surface area contributed by atoms with Crippen molar-refractivity contribution in [3.8, 4) is 0 Å². The van der Waals surface area contributed by atoms with E-state index in [1.807, 2.05) is 72.7 Å². The van der Waals surface area contributed by atoms with Crippen LogP contribution in [0.25, 0.3) is 0 Å². The van der Waals surface area contributed by atoms with E-state index in [0.717, 1.165) is 11.0 Å². The van der Waals surface area contributed by atoms with Crippen molar-refractivity contribution >= 4 is 18.7 Å². The predicted molar refractivity (Wildman–Crippen MR) is 112 cm³/mol. The smallest absolute Gasteiger partial charge is 0.438 e. The molecule has 0 spiro atoms. The zero-order valence-electron chi connectivity index (χ0n) is 18.8. The number of carbonyl (C=O) groups excluding carboxylic acids is 1. The van der Waals surface area contributed by atoms with Crippen molar-refractivity contribution in [2.75, 3.05) is 0 Å². The maximum atomic E-state index is 14.4. The van der Waals surface area contributed by atoms with Crippen LogP contribution in [0.4, 0.5) is 9.18 Å². The summed E-state index contributed by atoms with van der Waals surface area (Å²) in [5.74, 6) is 0. The van der Waals surface area contributed by atoms with E-state index in [-0.39, 0.29) is 12.8 Å². The average molecular weight is 405 g/mol. The Morgan fingerprint density at radius 2 is 1.52 bits per heavy atom. The molecule has 7 heteroatoms. The lowest BCUT2D eigenvalue weighted by molar-refractivity contribution is -0.141. The largest absolute Gasteiger partial charge is 0.494 e. The summed E-state index contributed by atoms with van der Waals surface area (Å²) in [6, 6.07) is 7.55. The lowest BCUT2D eigenvalue weighted by atomic mass is 9.65. The fourth-order valence-electron chi connectivity index (χ4n) is 3.91. The molecule has 29 heavy (non-hydrogen) atoms. The number of ether oxygens (including phenoxy) is 1. The Bertz CT molecular complexity index is 759. The highest BCUT2D eigenvalue weighted by molar-refractivity contribution is 6.62. The Hall–Kier alpha value is -1.60. The van der Waals surface area contributed by atoms with Crippen LogP contribution in [0, 0.1) is 0 Å². The number of benzene rings is 1. The number of rotatable bonds is 3. The molecule has 160 valence electrons. The third kappa shape index (κ3) is 4.46. The second kappa shape index (κ2) is 6.71. The summed E-state index contributed by atoms with van der Waals surface area (Å²) in [4.78, 5) is 12.4. The first-order valence-corrected chi connectivity index (χ1v) is 10.2. The number of carbonyl (C=O) groups is 1. The third-order valence-corrected chi connectivity index (χ3v) is 6.04. The molecule has 2 aliphatic rings. The summed E-state index contributed by atoms with van der Waals surface area (Å²) >= 11 is 0. The van der Waals surface area contributed by atoms with Crippen LogP contribution in [-0.4, -0.2) is 35.6 Å².